The fraction of sp³-hybridized carbons (Fsp3) is 0.409. The zero-order chi connectivity index (χ0) is 20.4. The van der Waals surface area contributed by atoms with Gasteiger partial charge in [-0.1, -0.05) is 12.1 Å². The van der Waals surface area contributed by atoms with Crippen LogP contribution in [0.5, 0.6) is 0 Å². The lowest BCUT2D eigenvalue weighted by molar-refractivity contribution is -0.132. The Morgan fingerprint density at radius 2 is 1.79 bits per heavy atom. The van der Waals surface area contributed by atoms with Gasteiger partial charge in [-0.15, -0.1) is 0 Å². The lowest BCUT2D eigenvalue weighted by Crippen LogP contribution is -2.48. The molecular weight excluding hydrogens is 364 g/mol. The molecule has 0 unspecified atom stereocenters. The summed E-state index contributed by atoms with van der Waals surface area (Å²) < 4.78 is 3.76. The van der Waals surface area contributed by atoms with Gasteiger partial charge < -0.3 is 4.90 Å². The SMILES string of the molecule is Cc1nn(C)c(C)c1CN1CCN(C(=O)Cc2ccc(-n3cccn3)cc2)CC1. The van der Waals surface area contributed by atoms with Crippen molar-refractivity contribution < 1.29 is 4.79 Å². The first-order valence-corrected chi connectivity index (χ1v) is 10.1. The number of piperazine rings is 1. The van der Waals surface area contributed by atoms with Gasteiger partial charge in [0.05, 0.1) is 17.8 Å². The summed E-state index contributed by atoms with van der Waals surface area (Å²) in [7, 11) is 1.99. The fourth-order valence-electron chi connectivity index (χ4n) is 3.90. The van der Waals surface area contributed by atoms with Crippen molar-refractivity contribution in [1.29, 1.82) is 0 Å². The van der Waals surface area contributed by atoms with E-state index >= 15 is 0 Å². The van der Waals surface area contributed by atoms with E-state index < -0.39 is 0 Å². The number of hydrogen-bond acceptors (Lipinski definition) is 4. The molecule has 152 valence electrons. The van der Waals surface area contributed by atoms with Gasteiger partial charge in [0.1, 0.15) is 0 Å². The van der Waals surface area contributed by atoms with Gasteiger partial charge in [-0.2, -0.15) is 10.2 Å². The van der Waals surface area contributed by atoms with Gasteiger partial charge in [-0.05, 0) is 37.6 Å². The van der Waals surface area contributed by atoms with Crippen molar-refractivity contribution in [1.82, 2.24) is 29.4 Å². The molecule has 1 aliphatic rings. The van der Waals surface area contributed by atoms with Crippen LogP contribution >= 0.6 is 0 Å². The quantitative estimate of drug-likeness (QED) is 0.667. The second kappa shape index (κ2) is 8.21. The molecule has 3 heterocycles. The first kappa shape index (κ1) is 19.4. The van der Waals surface area contributed by atoms with Gasteiger partial charge >= 0.3 is 0 Å². The van der Waals surface area contributed by atoms with Crippen LogP contribution in [-0.2, 0) is 24.8 Å². The van der Waals surface area contributed by atoms with E-state index in [0.717, 1.165) is 49.7 Å². The molecule has 0 aliphatic carbocycles. The number of aryl methyl sites for hydroxylation is 2. The van der Waals surface area contributed by atoms with Gasteiger partial charge in [0.25, 0.3) is 0 Å². The second-order valence-electron chi connectivity index (χ2n) is 7.72. The van der Waals surface area contributed by atoms with E-state index in [0.29, 0.717) is 6.42 Å². The highest BCUT2D eigenvalue weighted by atomic mass is 16.2. The van der Waals surface area contributed by atoms with Gasteiger partial charge in [0.2, 0.25) is 5.91 Å². The van der Waals surface area contributed by atoms with Crippen LogP contribution in [0.1, 0.15) is 22.5 Å². The maximum absolute atomic E-state index is 12.7. The van der Waals surface area contributed by atoms with Crippen LogP contribution in [0.3, 0.4) is 0 Å². The molecule has 2 aromatic heterocycles. The number of hydrogen-bond donors (Lipinski definition) is 0. The molecule has 4 rings (SSSR count). The summed E-state index contributed by atoms with van der Waals surface area (Å²) in [5, 5.41) is 8.74. The number of benzene rings is 1. The van der Waals surface area contributed by atoms with Crippen LogP contribution in [0.2, 0.25) is 0 Å². The molecule has 1 aromatic carbocycles. The molecule has 0 saturated carbocycles. The largest absolute Gasteiger partial charge is 0.340 e. The van der Waals surface area contributed by atoms with Crippen molar-refractivity contribution in [3.63, 3.8) is 0 Å². The molecule has 1 aliphatic heterocycles. The number of aromatic nitrogens is 4. The number of carbonyl (C=O) groups is 1. The summed E-state index contributed by atoms with van der Waals surface area (Å²) in [5.74, 6) is 0.199. The Labute approximate surface area is 171 Å². The first-order valence-electron chi connectivity index (χ1n) is 10.1. The number of nitrogens with zero attached hydrogens (tertiary/aromatic N) is 6. The van der Waals surface area contributed by atoms with E-state index in [1.54, 1.807) is 6.20 Å². The molecule has 1 amide bonds. The van der Waals surface area contributed by atoms with Crippen molar-refractivity contribution >= 4 is 5.91 Å². The summed E-state index contributed by atoms with van der Waals surface area (Å²) in [6, 6.07) is 9.94. The van der Waals surface area contributed by atoms with Gasteiger partial charge in [-0.25, -0.2) is 4.68 Å². The summed E-state index contributed by atoms with van der Waals surface area (Å²) in [6.45, 7) is 8.45. The number of amides is 1. The Morgan fingerprint density at radius 3 is 2.38 bits per heavy atom. The summed E-state index contributed by atoms with van der Waals surface area (Å²) >= 11 is 0. The third-order valence-electron chi connectivity index (χ3n) is 5.83. The molecule has 7 nitrogen and oxygen atoms in total. The minimum atomic E-state index is 0.199. The average molecular weight is 393 g/mol. The predicted molar refractivity (Wildman–Crippen MR) is 112 cm³/mol. The van der Waals surface area contributed by atoms with E-state index in [4.69, 9.17) is 0 Å². The Balaban J connectivity index is 1.30. The molecule has 7 heteroatoms. The van der Waals surface area contributed by atoms with Crippen molar-refractivity contribution in [2.45, 2.75) is 26.8 Å². The van der Waals surface area contributed by atoms with Crippen molar-refractivity contribution in [2.24, 2.45) is 7.05 Å². The average Bonchev–Trinajstić information content (AvgIpc) is 3.34. The standard InChI is InChI=1S/C22H28N6O/c1-17-21(18(2)25(3)24-17)16-26-11-13-27(14-12-26)22(29)15-19-5-7-20(8-6-19)28-10-4-9-23-28/h4-10H,11-16H2,1-3H3. The third-order valence-corrected chi connectivity index (χ3v) is 5.83. The molecule has 0 atom stereocenters. The van der Waals surface area contributed by atoms with E-state index in [1.165, 1.54) is 11.3 Å². The van der Waals surface area contributed by atoms with E-state index in [2.05, 4.69) is 28.9 Å². The molecule has 3 aromatic rings. The Bertz CT molecular complexity index is 966. The monoisotopic (exact) mass is 392 g/mol. The molecule has 0 N–H and O–H groups in total. The number of carbonyl (C=O) groups excluding carboxylic acids is 1. The van der Waals surface area contributed by atoms with E-state index in [9.17, 15) is 4.79 Å². The minimum Gasteiger partial charge on any atom is -0.340 e. The van der Waals surface area contributed by atoms with Crippen LogP contribution in [0.4, 0.5) is 0 Å². The van der Waals surface area contributed by atoms with Gasteiger partial charge in [-0.3, -0.25) is 14.4 Å². The fourth-order valence-corrected chi connectivity index (χ4v) is 3.90. The summed E-state index contributed by atoms with van der Waals surface area (Å²) in [6.07, 6.45) is 4.11. The van der Waals surface area contributed by atoms with E-state index in [-0.39, 0.29) is 5.91 Å². The second-order valence-corrected chi connectivity index (χ2v) is 7.72. The van der Waals surface area contributed by atoms with E-state index in [1.807, 2.05) is 57.8 Å². The first-order chi connectivity index (χ1) is 14.0. The third kappa shape index (κ3) is 4.24. The highest BCUT2D eigenvalue weighted by Crippen LogP contribution is 2.17. The molecule has 0 radical (unpaired) electrons. The lowest BCUT2D eigenvalue weighted by atomic mass is 10.1. The highest BCUT2D eigenvalue weighted by molar-refractivity contribution is 5.79. The molecule has 1 fully saturated rings. The Hall–Kier alpha value is -2.93. The normalized spacial score (nSPS) is 15.1. The maximum atomic E-state index is 12.7. The zero-order valence-corrected chi connectivity index (χ0v) is 17.4. The smallest absolute Gasteiger partial charge is 0.227 e. The van der Waals surface area contributed by atoms with Crippen LogP contribution in [0, 0.1) is 13.8 Å². The van der Waals surface area contributed by atoms with Crippen molar-refractivity contribution in [2.75, 3.05) is 26.2 Å². The molecule has 0 spiro atoms. The van der Waals surface area contributed by atoms with Crippen LogP contribution in [-0.4, -0.2) is 61.4 Å². The summed E-state index contributed by atoms with van der Waals surface area (Å²) in [5.41, 5.74) is 5.67. The summed E-state index contributed by atoms with van der Waals surface area (Å²) in [4.78, 5) is 17.1. The molecule has 1 saturated heterocycles. The van der Waals surface area contributed by atoms with Crippen LogP contribution < -0.4 is 0 Å². The predicted octanol–water partition coefficient (Wildman–Crippen LogP) is 2.11. The zero-order valence-electron chi connectivity index (χ0n) is 17.4. The van der Waals surface area contributed by atoms with Crippen LogP contribution in [0.15, 0.2) is 42.7 Å². The minimum absolute atomic E-state index is 0.199. The topological polar surface area (TPSA) is 59.2 Å². The Kier molecular flexibility index (Phi) is 5.49. The van der Waals surface area contributed by atoms with Gasteiger partial charge in [0.15, 0.2) is 0 Å². The highest BCUT2D eigenvalue weighted by Gasteiger charge is 2.22. The number of rotatable bonds is 5. The maximum Gasteiger partial charge on any atom is 0.227 e. The lowest BCUT2D eigenvalue weighted by Gasteiger charge is -2.35. The van der Waals surface area contributed by atoms with Crippen molar-refractivity contribution in [3.05, 3.63) is 65.2 Å². The van der Waals surface area contributed by atoms with Crippen molar-refractivity contribution in [3.8, 4) is 5.69 Å². The van der Waals surface area contributed by atoms with Gasteiger partial charge in [0, 0.05) is 63.4 Å². The van der Waals surface area contributed by atoms with Crippen LogP contribution in [0.25, 0.3) is 5.69 Å². The Morgan fingerprint density at radius 1 is 1.07 bits per heavy atom. The molecule has 0 bridgehead atoms. The molecule has 29 heavy (non-hydrogen) atoms. The molecular formula is C22H28N6O.